The second kappa shape index (κ2) is 5.39. The van der Waals surface area contributed by atoms with Crippen molar-refractivity contribution in [3.8, 4) is 0 Å². The maximum Gasteiger partial charge on any atom is 0.323 e. The van der Waals surface area contributed by atoms with E-state index < -0.39 is 5.97 Å². The van der Waals surface area contributed by atoms with Crippen molar-refractivity contribution in [3.63, 3.8) is 0 Å². The molecule has 2 fully saturated rings. The molecular formula is C14H24N2O3. The Balaban J connectivity index is 1.98. The maximum absolute atomic E-state index is 12.5. The number of urea groups is 1. The molecule has 0 aromatic rings. The molecule has 0 aromatic heterocycles. The number of carbonyl (C=O) groups excluding carboxylic acids is 1. The fraction of sp³-hybridized carbons (Fsp3) is 0.857. The van der Waals surface area contributed by atoms with Gasteiger partial charge in [0, 0.05) is 19.1 Å². The van der Waals surface area contributed by atoms with E-state index in [9.17, 15) is 9.59 Å². The van der Waals surface area contributed by atoms with Crippen molar-refractivity contribution in [2.24, 2.45) is 5.41 Å². The molecule has 1 heterocycles. The van der Waals surface area contributed by atoms with E-state index in [1.807, 2.05) is 4.90 Å². The fourth-order valence-corrected chi connectivity index (χ4v) is 2.68. The molecule has 0 unspecified atom stereocenters. The summed E-state index contributed by atoms with van der Waals surface area (Å²) in [6.45, 7) is 5.80. The predicted molar refractivity (Wildman–Crippen MR) is 72.0 cm³/mol. The van der Waals surface area contributed by atoms with Gasteiger partial charge in [-0.25, -0.2) is 4.79 Å². The lowest BCUT2D eigenvalue weighted by Gasteiger charge is -2.29. The van der Waals surface area contributed by atoms with Gasteiger partial charge in [-0.15, -0.1) is 0 Å². The molecule has 0 bridgehead atoms. The Morgan fingerprint density at radius 1 is 1.26 bits per heavy atom. The average molecular weight is 268 g/mol. The van der Waals surface area contributed by atoms with Crippen LogP contribution in [0.5, 0.6) is 0 Å². The van der Waals surface area contributed by atoms with Crippen LogP contribution in [-0.2, 0) is 4.79 Å². The minimum Gasteiger partial charge on any atom is -0.480 e. The van der Waals surface area contributed by atoms with Gasteiger partial charge in [-0.2, -0.15) is 0 Å². The van der Waals surface area contributed by atoms with Gasteiger partial charge in [-0.05, 0) is 37.5 Å². The lowest BCUT2D eigenvalue weighted by Crippen LogP contribution is -2.47. The van der Waals surface area contributed by atoms with Crippen LogP contribution in [0.2, 0.25) is 0 Å². The summed E-state index contributed by atoms with van der Waals surface area (Å²) >= 11 is 0. The highest BCUT2D eigenvalue weighted by Gasteiger charge is 2.37. The van der Waals surface area contributed by atoms with E-state index in [1.54, 1.807) is 4.90 Å². The summed E-state index contributed by atoms with van der Waals surface area (Å²) in [6.07, 6.45) is 5.00. The molecule has 1 aliphatic carbocycles. The van der Waals surface area contributed by atoms with Gasteiger partial charge in [-0.1, -0.05) is 13.8 Å². The van der Waals surface area contributed by atoms with Crippen molar-refractivity contribution in [2.45, 2.75) is 52.0 Å². The van der Waals surface area contributed by atoms with Gasteiger partial charge in [0.2, 0.25) is 0 Å². The molecule has 108 valence electrons. The van der Waals surface area contributed by atoms with Gasteiger partial charge in [0.1, 0.15) is 6.54 Å². The Hall–Kier alpha value is -1.26. The summed E-state index contributed by atoms with van der Waals surface area (Å²) in [4.78, 5) is 26.7. The number of hydrogen-bond donors (Lipinski definition) is 1. The summed E-state index contributed by atoms with van der Waals surface area (Å²) in [6, 6.07) is 0.0717. The first-order valence-corrected chi connectivity index (χ1v) is 7.16. The minimum absolute atomic E-state index is 0.0809. The van der Waals surface area contributed by atoms with Crippen molar-refractivity contribution in [1.29, 1.82) is 0 Å². The zero-order valence-corrected chi connectivity index (χ0v) is 11.9. The van der Waals surface area contributed by atoms with Crippen molar-refractivity contribution in [3.05, 3.63) is 0 Å². The zero-order chi connectivity index (χ0) is 14.0. The topological polar surface area (TPSA) is 60.9 Å². The smallest absolute Gasteiger partial charge is 0.323 e. The average Bonchev–Trinajstić information content (AvgIpc) is 3.12. The van der Waals surface area contributed by atoms with Crippen LogP contribution in [0.15, 0.2) is 0 Å². The van der Waals surface area contributed by atoms with Crippen LogP contribution in [-0.4, -0.2) is 52.6 Å². The van der Waals surface area contributed by atoms with E-state index in [4.69, 9.17) is 5.11 Å². The monoisotopic (exact) mass is 268 g/mol. The van der Waals surface area contributed by atoms with Gasteiger partial charge in [0.25, 0.3) is 0 Å². The van der Waals surface area contributed by atoms with Crippen LogP contribution >= 0.6 is 0 Å². The molecular weight excluding hydrogens is 244 g/mol. The third kappa shape index (κ3) is 3.85. The summed E-state index contributed by atoms with van der Waals surface area (Å²) < 4.78 is 0. The SMILES string of the molecule is CC1(C)CCCN(C(=O)N(CC(=O)O)C2CC2)CC1. The van der Waals surface area contributed by atoms with Crippen molar-refractivity contribution < 1.29 is 14.7 Å². The number of aliphatic carboxylic acids is 1. The minimum atomic E-state index is -0.921. The molecule has 2 rings (SSSR count). The van der Waals surface area contributed by atoms with Crippen molar-refractivity contribution >= 4 is 12.0 Å². The Kier molecular flexibility index (Phi) is 4.02. The van der Waals surface area contributed by atoms with E-state index in [-0.39, 0.29) is 24.0 Å². The van der Waals surface area contributed by atoms with Crippen LogP contribution in [0.4, 0.5) is 4.79 Å². The summed E-state index contributed by atoms with van der Waals surface area (Å²) in [5.74, 6) is -0.921. The normalized spacial score (nSPS) is 22.7. The van der Waals surface area contributed by atoms with E-state index in [1.165, 1.54) is 0 Å². The Morgan fingerprint density at radius 3 is 2.53 bits per heavy atom. The van der Waals surface area contributed by atoms with Crippen LogP contribution < -0.4 is 0 Å². The Bertz CT molecular complexity index is 364. The Labute approximate surface area is 114 Å². The first-order chi connectivity index (χ1) is 8.89. The van der Waals surface area contributed by atoms with Gasteiger partial charge in [-0.3, -0.25) is 4.79 Å². The zero-order valence-electron chi connectivity index (χ0n) is 11.9. The molecule has 1 N–H and O–H groups in total. The molecule has 1 saturated heterocycles. The largest absolute Gasteiger partial charge is 0.480 e. The van der Waals surface area contributed by atoms with E-state index >= 15 is 0 Å². The molecule has 0 spiro atoms. The van der Waals surface area contributed by atoms with Crippen LogP contribution in [0.3, 0.4) is 0 Å². The van der Waals surface area contributed by atoms with E-state index in [0.717, 1.165) is 45.2 Å². The lowest BCUT2D eigenvalue weighted by molar-refractivity contribution is -0.137. The summed E-state index contributed by atoms with van der Waals surface area (Å²) in [7, 11) is 0. The fourth-order valence-electron chi connectivity index (χ4n) is 2.68. The third-order valence-electron chi connectivity index (χ3n) is 4.15. The van der Waals surface area contributed by atoms with E-state index in [0.29, 0.717) is 0 Å². The van der Waals surface area contributed by atoms with Crippen molar-refractivity contribution in [1.82, 2.24) is 9.80 Å². The predicted octanol–water partition coefficient (Wildman–Crippen LogP) is 2.17. The van der Waals surface area contributed by atoms with Crippen LogP contribution in [0.1, 0.15) is 46.0 Å². The second-order valence-corrected chi connectivity index (χ2v) is 6.54. The third-order valence-corrected chi connectivity index (χ3v) is 4.15. The molecule has 5 heteroatoms. The quantitative estimate of drug-likeness (QED) is 0.853. The first kappa shape index (κ1) is 14.2. The van der Waals surface area contributed by atoms with Gasteiger partial charge < -0.3 is 14.9 Å². The highest BCUT2D eigenvalue weighted by Crippen LogP contribution is 2.32. The lowest BCUT2D eigenvalue weighted by atomic mass is 9.85. The number of carboxylic acid groups (broad SMARTS) is 1. The molecule has 2 amide bonds. The van der Waals surface area contributed by atoms with E-state index in [2.05, 4.69) is 13.8 Å². The molecule has 1 aliphatic heterocycles. The molecule has 19 heavy (non-hydrogen) atoms. The first-order valence-electron chi connectivity index (χ1n) is 7.16. The van der Waals surface area contributed by atoms with Crippen LogP contribution in [0, 0.1) is 5.41 Å². The number of hydrogen-bond acceptors (Lipinski definition) is 2. The molecule has 5 nitrogen and oxygen atoms in total. The highest BCUT2D eigenvalue weighted by atomic mass is 16.4. The number of likely N-dealkylation sites (tertiary alicyclic amines) is 1. The molecule has 1 saturated carbocycles. The second-order valence-electron chi connectivity index (χ2n) is 6.54. The standard InChI is InChI=1S/C14H24N2O3/c1-14(2)6-3-8-15(9-7-14)13(19)16(10-12(17)18)11-4-5-11/h11H,3-10H2,1-2H3,(H,17,18). The highest BCUT2D eigenvalue weighted by molar-refractivity contribution is 5.80. The van der Waals surface area contributed by atoms with Gasteiger partial charge in [0.05, 0.1) is 0 Å². The number of carbonyl (C=O) groups is 2. The number of nitrogens with zero attached hydrogens (tertiary/aromatic N) is 2. The molecule has 2 aliphatic rings. The summed E-state index contributed by atoms with van der Waals surface area (Å²) in [5, 5.41) is 8.93. The van der Waals surface area contributed by atoms with Crippen molar-refractivity contribution in [2.75, 3.05) is 19.6 Å². The number of carboxylic acids is 1. The molecule has 0 aromatic carbocycles. The number of amides is 2. The summed E-state index contributed by atoms with van der Waals surface area (Å²) in [5.41, 5.74) is 0.284. The molecule has 0 radical (unpaired) electrons. The Morgan fingerprint density at radius 2 is 1.95 bits per heavy atom. The number of rotatable bonds is 3. The van der Waals surface area contributed by atoms with Crippen LogP contribution in [0.25, 0.3) is 0 Å². The molecule has 0 atom stereocenters. The maximum atomic E-state index is 12.5. The van der Waals surface area contributed by atoms with Gasteiger partial charge in [0.15, 0.2) is 0 Å². The van der Waals surface area contributed by atoms with Gasteiger partial charge >= 0.3 is 12.0 Å².